The summed E-state index contributed by atoms with van der Waals surface area (Å²) < 4.78 is 22.3. The molecule has 82 valence electrons. The van der Waals surface area contributed by atoms with E-state index < -0.39 is 15.1 Å². The number of amides is 1. The molecule has 0 spiro atoms. The average molecular weight is 220 g/mol. The van der Waals surface area contributed by atoms with Crippen LogP contribution in [0.4, 0.5) is 0 Å². The SMILES string of the molecule is CC(C(=O)N1CC[C@@H](N)C1)S(C)(=O)=O. The van der Waals surface area contributed by atoms with E-state index in [0.717, 1.165) is 12.7 Å². The molecular weight excluding hydrogens is 204 g/mol. The van der Waals surface area contributed by atoms with E-state index in [1.54, 1.807) is 0 Å². The van der Waals surface area contributed by atoms with Crippen LogP contribution in [0, 0.1) is 0 Å². The number of nitrogens with zero attached hydrogens (tertiary/aromatic N) is 1. The lowest BCUT2D eigenvalue weighted by atomic mass is 10.3. The second-order valence-electron chi connectivity index (χ2n) is 3.80. The zero-order chi connectivity index (χ0) is 10.9. The summed E-state index contributed by atoms with van der Waals surface area (Å²) in [6, 6.07) is -0.00860. The fraction of sp³-hybridized carbons (Fsp3) is 0.875. The van der Waals surface area contributed by atoms with Crippen LogP contribution in [-0.4, -0.2) is 49.9 Å². The Bertz CT molecular complexity index is 325. The highest BCUT2D eigenvalue weighted by molar-refractivity contribution is 7.92. The third-order valence-electron chi connectivity index (χ3n) is 2.53. The maximum Gasteiger partial charge on any atom is 0.240 e. The van der Waals surface area contributed by atoms with Crippen molar-refractivity contribution in [1.82, 2.24) is 4.90 Å². The molecule has 0 aromatic heterocycles. The Morgan fingerprint density at radius 1 is 1.57 bits per heavy atom. The Morgan fingerprint density at radius 3 is 2.50 bits per heavy atom. The Morgan fingerprint density at radius 2 is 2.14 bits per heavy atom. The average Bonchev–Trinajstić information content (AvgIpc) is 2.47. The van der Waals surface area contributed by atoms with Crippen LogP contribution in [0.2, 0.25) is 0 Å². The largest absolute Gasteiger partial charge is 0.340 e. The first kappa shape index (κ1) is 11.5. The van der Waals surface area contributed by atoms with Gasteiger partial charge in [0.25, 0.3) is 0 Å². The zero-order valence-electron chi connectivity index (χ0n) is 8.43. The summed E-state index contributed by atoms with van der Waals surface area (Å²) in [5, 5.41) is -0.951. The number of sulfone groups is 1. The van der Waals surface area contributed by atoms with Crippen molar-refractivity contribution in [3.63, 3.8) is 0 Å². The van der Waals surface area contributed by atoms with Crippen molar-refractivity contribution in [2.45, 2.75) is 24.6 Å². The van der Waals surface area contributed by atoms with Crippen molar-refractivity contribution in [1.29, 1.82) is 0 Å². The van der Waals surface area contributed by atoms with Crippen LogP contribution in [-0.2, 0) is 14.6 Å². The second kappa shape index (κ2) is 3.86. The summed E-state index contributed by atoms with van der Waals surface area (Å²) in [5.41, 5.74) is 5.63. The molecule has 0 bridgehead atoms. The van der Waals surface area contributed by atoms with Crippen molar-refractivity contribution < 1.29 is 13.2 Å². The van der Waals surface area contributed by atoms with Crippen LogP contribution in [0.25, 0.3) is 0 Å². The number of hydrogen-bond acceptors (Lipinski definition) is 4. The minimum atomic E-state index is -3.29. The van der Waals surface area contributed by atoms with E-state index in [-0.39, 0.29) is 11.9 Å². The Hall–Kier alpha value is -0.620. The van der Waals surface area contributed by atoms with E-state index in [1.807, 2.05) is 0 Å². The lowest BCUT2D eigenvalue weighted by Gasteiger charge is -2.19. The summed E-state index contributed by atoms with van der Waals surface area (Å²) >= 11 is 0. The van der Waals surface area contributed by atoms with Gasteiger partial charge in [0.15, 0.2) is 9.84 Å². The highest BCUT2D eigenvalue weighted by Crippen LogP contribution is 2.11. The maximum absolute atomic E-state index is 11.6. The van der Waals surface area contributed by atoms with E-state index >= 15 is 0 Å². The lowest BCUT2D eigenvalue weighted by molar-refractivity contribution is -0.129. The van der Waals surface area contributed by atoms with Crippen molar-refractivity contribution >= 4 is 15.7 Å². The minimum absolute atomic E-state index is 0.00860. The topological polar surface area (TPSA) is 80.5 Å². The molecule has 1 amide bonds. The normalized spacial score (nSPS) is 25.1. The minimum Gasteiger partial charge on any atom is -0.340 e. The molecule has 0 aromatic rings. The molecule has 6 heteroatoms. The molecule has 1 saturated heterocycles. The number of likely N-dealkylation sites (tertiary alicyclic amines) is 1. The molecule has 0 saturated carbocycles. The van der Waals surface area contributed by atoms with E-state index in [4.69, 9.17) is 5.73 Å². The van der Waals surface area contributed by atoms with Gasteiger partial charge in [-0.2, -0.15) is 0 Å². The molecule has 2 atom stereocenters. The molecule has 2 N–H and O–H groups in total. The van der Waals surface area contributed by atoms with Gasteiger partial charge in [0.1, 0.15) is 5.25 Å². The standard InChI is InChI=1S/C8H16N2O3S/c1-6(14(2,12)13)8(11)10-4-3-7(9)5-10/h6-7H,3-5,9H2,1-2H3/t6?,7-/m1/s1. The number of nitrogens with two attached hydrogens (primary N) is 1. The van der Waals surface area contributed by atoms with Crippen LogP contribution in [0.5, 0.6) is 0 Å². The molecule has 5 nitrogen and oxygen atoms in total. The molecule has 0 aromatic carbocycles. The summed E-state index contributed by atoms with van der Waals surface area (Å²) in [6.45, 7) is 2.46. The predicted molar refractivity (Wildman–Crippen MR) is 53.5 cm³/mol. The first-order chi connectivity index (χ1) is 6.32. The summed E-state index contributed by atoms with van der Waals surface area (Å²) in [5.74, 6) is -0.333. The van der Waals surface area contributed by atoms with Gasteiger partial charge < -0.3 is 10.6 Å². The molecule has 1 heterocycles. The summed E-state index contributed by atoms with van der Waals surface area (Å²) in [4.78, 5) is 13.2. The van der Waals surface area contributed by atoms with Crippen molar-refractivity contribution in [3.05, 3.63) is 0 Å². The number of hydrogen-bond donors (Lipinski definition) is 1. The molecule has 1 rings (SSSR count). The molecule has 1 unspecified atom stereocenters. The molecular formula is C8H16N2O3S. The number of carbonyl (C=O) groups excluding carboxylic acids is 1. The van der Waals surface area contributed by atoms with Crippen LogP contribution in [0.1, 0.15) is 13.3 Å². The first-order valence-electron chi connectivity index (χ1n) is 4.55. The predicted octanol–water partition coefficient (Wildman–Crippen LogP) is -1.02. The first-order valence-corrected chi connectivity index (χ1v) is 6.51. The van der Waals surface area contributed by atoms with Crippen molar-refractivity contribution in [2.75, 3.05) is 19.3 Å². The zero-order valence-corrected chi connectivity index (χ0v) is 9.25. The molecule has 14 heavy (non-hydrogen) atoms. The van der Waals surface area contributed by atoms with Crippen LogP contribution >= 0.6 is 0 Å². The van der Waals surface area contributed by atoms with Gasteiger partial charge in [-0.15, -0.1) is 0 Å². The van der Waals surface area contributed by atoms with E-state index in [9.17, 15) is 13.2 Å². The van der Waals surface area contributed by atoms with Crippen molar-refractivity contribution in [3.8, 4) is 0 Å². The Labute approximate surface area is 84.2 Å². The Balaban J connectivity index is 2.67. The second-order valence-corrected chi connectivity index (χ2v) is 6.17. The number of carbonyl (C=O) groups is 1. The third kappa shape index (κ3) is 2.45. The lowest BCUT2D eigenvalue weighted by Crippen LogP contribution is -2.41. The number of rotatable bonds is 2. The molecule has 1 aliphatic heterocycles. The van der Waals surface area contributed by atoms with Crippen molar-refractivity contribution in [2.24, 2.45) is 5.73 Å². The van der Waals surface area contributed by atoms with Gasteiger partial charge in [0, 0.05) is 25.4 Å². The fourth-order valence-corrected chi connectivity index (χ4v) is 1.94. The van der Waals surface area contributed by atoms with E-state index in [0.29, 0.717) is 13.1 Å². The molecule has 0 radical (unpaired) electrons. The van der Waals surface area contributed by atoms with Gasteiger partial charge >= 0.3 is 0 Å². The summed E-state index contributed by atoms with van der Waals surface area (Å²) in [6.07, 6.45) is 1.83. The van der Waals surface area contributed by atoms with Gasteiger partial charge in [-0.3, -0.25) is 4.79 Å². The summed E-state index contributed by atoms with van der Waals surface area (Å²) in [7, 11) is -3.29. The molecule has 1 aliphatic rings. The fourth-order valence-electron chi connectivity index (χ4n) is 1.43. The van der Waals surface area contributed by atoms with Crippen LogP contribution < -0.4 is 5.73 Å². The van der Waals surface area contributed by atoms with Gasteiger partial charge in [-0.1, -0.05) is 0 Å². The highest BCUT2D eigenvalue weighted by atomic mass is 32.2. The van der Waals surface area contributed by atoms with Gasteiger partial charge in [-0.05, 0) is 13.3 Å². The van der Waals surface area contributed by atoms with Gasteiger partial charge in [0.05, 0.1) is 0 Å². The third-order valence-corrected chi connectivity index (χ3v) is 4.01. The molecule has 1 fully saturated rings. The van der Waals surface area contributed by atoms with Crippen LogP contribution in [0.15, 0.2) is 0 Å². The Kier molecular flexibility index (Phi) is 3.16. The monoisotopic (exact) mass is 220 g/mol. The van der Waals surface area contributed by atoms with Gasteiger partial charge in [-0.25, -0.2) is 8.42 Å². The maximum atomic E-state index is 11.6. The van der Waals surface area contributed by atoms with E-state index in [2.05, 4.69) is 0 Å². The van der Waals surface area contributed by atoms with E-state index in [1.165, 1.54) is 11.8 Å². The van der Waals surface area contributed by atoms with Crippen LogP contribution in [0.3, 0.4) is 0 Å². The van der Waals surface area contributed by atoms with Gasteiger partial charge in [0.2, 0.25) is 5.91 Å². The highest BCUT2D eigenvalue weighted by Gasteiger charge is 2.31. The molecule has 0 aliphatic carbocycles. The smallest absolute Gasteiger partial charge is 0.240 e. The quantitative estimate of drug-likeness (QED) is 0.646.